The van der Waals surface area contributed by atoms with E-state index >= 15 is 0 Å². The molecule has 0 atom stereocenters. The van der Waals surface area contributed by atoms with Crippen LogP contribution in [0.2, 0.25) is 0 Å². The molecule has 0 aliphatic heterocycles. The van der Waals surface area contributed by atoms with Gasteiger partial charge in [-0.25, -0.2) is 0 Å². The maximum absolute atomic E-state index is 11.8. The number of H-pyrrole nitrogens is 1. The van der Waals surface area contributed by atoms with Crippen molar-refractivity contribution in [2.24, 2.45) is 5.92 Å². The Kier molecular flexibility index (Phi) is 3.78. The summed E-state index contributed by atoms with van der Waals surface area (Å²) in [4.78, 5) is 11.8. The summed E-state index contributed by atoms with van der Waals surface area (Å²) < 4.78 is 5.45. The van der Waals surface area contributed by atoms with Crippen LogP contribution in [0.4, 0.5) is 0 Å². The van der Waals surface area contributed by atoms with Crippen molar-refractivity contribution >= 4 is 5.91 Å². The highest BCUT2D eigenvalue weighted by atomic mass is 16.5. The van der Waals surface area contributed by atoms with E-state index in [1.807, 2.05) is 13.8 Å². The lowest BCUT2D eigenvalue weighted by molar-refractivity contribution is 0.0905. The van der Waals surface area contributed by atoms with Crippen LogP contribution in [-0.4, -0.2) is 35.9 Å². The number of hydrogen-bond acceptors (Lipinski definition) is 3. The summed E-state index contributed by atoms with van der Waals surface area (Å²) in [6, 6.07) is 0. The molecule has 17 heavy (non-hydrogen) atoms. The van der Waals surface area contributed by atoms with Gasteiger partial charge in [0.15, 0.2) is 0 Å². The van der Waals surface area contributed by atoms with Gasteiger partial charge in [-0.1, -0.05) is 0 Å². The lowest BCUT2D eigenvalue weighted by Crippen LogP contribution is -2.28. The van der Waals surface area contributed by atoms with Crippen molar-refractivity contribution in [1.29, 1.82) is 0 Å². The van der Waals surface area contributed by atoms with Crippen molar-refractivity contribution in [2.75, 3.05) is 19.8 Å². The molecular formula is C12H19N3O2. The third-order valence-corrected chi connectivity index (χ3v) is 2.94. The molecule has 1 aromatic rings. The maximum Gasteiger partial charge on any atom is 0.255 e. The number of carbonyl (C=O) groups is 1. The summed E-state index contributed by atoms with van der Waals surface area (Å²) >= 11 is 0. The zero-order chi connectivity index (χ0) is 12.3. The molecule has 1 fully saturated rings. The van der Waals surface area contributed by atoms with Gasteiger partial charge in [0.05, 0.1) is 17.9 Å². The molecule has 2 rings (SSSR count). The van der Waals surface area contributed by atoms with E-state index in [-0.39, 0.29) is 5.91 Å². The molecule has 1 heterocycles. The minimum atomic E-state index is -0.0798. The fraction of sp³-hybridized carbons (Fsp3) is 0.667. The molecule has 1 amide bonds. The van der Waals surface area contributed by atoms with Crippen LogP contribution in [0.25, 0.3) is 0 Å². The third-order valence-electron chi connectivity index (χ3n) is 2.94. The minimum absolute atomic E-state index is 0.0798. The molecule has 1 aliphatic rings. The quantitative estimate of drug-likeness (QED) is 0.730. The molecule has 0 radical (unpaired) electrons. The van der Waals surface area contributed by atoms with Crippen LogP contribution >= 0.6 is 0 Å². The Labute approximate surface area is 101 Å². The second-order valence-corrected chi connectivity index (χ2v) is 4.58. The standard InChI is InChI=1S/C12H19N3O2/c1-8-11(9(2)15-14-8)12(16)13-5-6-17-7-10-3-4-10/h10H,3-7H2,1-2H3,(H,13,16)(H,14,15). The normalized spacial score (nSPS) is 14.9. The fourth-order valence-corrected chi connectivity index (χ4v) is 1.75. The Bertz CT molecular complexity index is 377. The van der Waals surface area contributed by atoms with E-state index in [0.717, 1.165) is 23.9 Å². The molecule has 0 aromatic carbocycles. The van der Waals surface area contributed by atoms with Crippen LogP contribution in [0, 0.1) is 19.8 Å². The number of hydrogen-bond donors (Lipinski definition) is 2. The molecule has 0 unspecified atom stereocenters. The largest absolute Gasteiger partial charge is 0.379 e. The number of rotatable bonds is 6. The molecule has 0 bridgehead atoms. The summed E-state index contributed by atoms with van der Waals surface area (Å²) in [6.07, 6.45) is 2.58. The second kappa shape index (κ2) is 5.31. The van der Waals surface area contributed by atoms with Gasteiger partial charge in [0.1, 0.15) is 0 Å². The molecule has 94 valence electrons. The number of carbonyl (C=O) groups excluding carboxylic acids is 1. The van der Waals surface area contributed by atoms with E-state index in [2.05, 4.69) is 15.5 Å². The Balaban J connectivity index is 1.69. The summed E-state index contributed by atoms with van der Waals surface area (Å²) in [5, 5.41) is 9.63. The minimum Gasteiger partial charge on any atom is -0.379 e. The summed E-state index contributed by atoms with van der Waals surface area (Å²) in [6.45, 7) is 5.63. The molecule has 0 saturated heterocycles. The number of aromatic nitrogens is 2. The predicted molar refractivity (Wildman–Crippen MR) is 63.9 cm³/mol. The number of ether oxygens (including phenoxy) is 1. The van der Waals surface area contributed by atoms with E-state index in [4.69, 9.17) is 4.74 Å². The van der Waals surface area contributed by atoms with Crippen molar-refractivity contribution in [3.05, 3.63) is 17.0 Å². The van der Waals surface area contributed by atoms with Crippen molar-refractivity contribution in [3.63, 3.8) is 0 Å². The topological polar surface area (TPSA) is 67.0 Å². The first kappa shape index (κ1) is 12.1. The molecule has 1 aromatic heterocycles. The second-order valence-electron chi connectivity index (χ2n) is 4.58. The molecular weight excluding hydrogens is 218 g/mol. The van der Waals surface area contributed by atoms with Crippen LogP contribution < -0.4 is 5.32 Å². The average Bonchev–Trinajstić information content (AvgIpc) is 3.04. The van der Waals surface area contributed by atoms with Crippen LogP contribution in [0.1, 0.15) is 34.6 Å². The zero-order valence-electron chi connectivity index (χ0n) is 10.4. The zero-order valence-corrected chi connectivity index (χ0v) is 10.4. The number of nitrogens with zero attached hydrogens (tertiary/aromatic N) is 1. The van der Waals surface area contributed by atoms with Crippen molar-refractivity contribution < 1.29 is 9.53 Å². The Hall–Kier alpha value is -1.36. The van der Waals surface area contributed by atoms with Crippen LogP contribution in [0.3, 0.4) is 0 Å². The molecule has 2 N–H and O–H groups in total. The first-order valence-electron chi connectivity index (χ1n) is 6.06. The van der Waals surface area contributed by atoms with Crippen molar-refractivity contribution in [3.8, 4) is 0 Å². The van der Waals surface area contributed by atoms with E-state index in [9.17, 15) is 4.79 Å². The fourth-order valence-electron chi connectivity index (χ4n) is 1.75. The van der Waals surface area contributed by atoms with Gasteiger partial charge in [-0.15, -0.1) is 0 Å². The Morgan fingerprint density at radius 1 is 1.53 bits per heavy atom. The molecule has 1 saturated carbocycles. The van der Waals surface area contributed by atoms with Gasteiger partial charge in [-0.2, -0.15) is 5.10 Å². The number of aryl methyl sites for hydroxylation is 2. The summed E-state index contributed by atoms with van der Waals surface area (Å²) in [5.41, 5.74) is 2.19. The first-order valence-corrected chi connectivity index (χ1v) is 6.06. The lowest BCUT2D eigenvalue weighted by Gasteiger charge is -2.06. The highest BCUT2D eigenvalue weighted by molar-refractivity contribution is 5.96. The average molecular weight is 237 g/mol. The molecule has 1 aliphatic carbocycles. The monoisotopic (exact) mass is 237 g/mol. The lowest BCUT2D eigenvalue weighted by atomic mass is 10.2. The van der Waals surface area contributed by atoms with Gasteiger partial charge in [0, 0.05) is 18.8 Å². The number of amides is 1. The first-order chi connectivity index (χ1) is 8.18. The van der Waals surface area contributed by atoms with Gasteiger partial charge < -0.3 is 10.1 Å². The molecule has 5 heteroatoms. The van der Waals surface area contributed by atoms with Crippen LogP contribution in [0.15, 0.2) is 0 Å². The highest BCUT2D eigenvalue weighted by Crippen LogP contribution is 2.28. The van der Waals surface area contributed by atoms with Crippen LogP contribution in [0.5, 0.6) is 0 Å². The SMILES string of the molecule is Cc1n[nH]c(C)c1C(=O)NCCOCC1CC1. The third kappa shape index (κ3) is 3.30. The number of aromatic amines is 1. The van der Waals surface area contributed by atoms with Crippen molar-refractivity contribution in [2.45, 2.75) is 26.7 Å². The van der Waals surface area contributed by atoms with E-state index in [1.165, 1.54) is 12.8 Å². The Morgan fingerprint density at radius 3 is 2.88 bits per heavy atom. The van der Waals surface area contributed by atoms with Gasteiger partial charge >= 0.3 is 0 Å². The maximum atomic E-state index is 11.8. The summed E-state index contributed by atoms with van der Waals surface area (Å²) in [7, 11) is 0. The number of nitrogens with one attached hydrogen (secondary N) is 2. The molecule has 0 spiro atoms. The van der Waals surface area contributed by atoms with Crippen molar-refractivity contribution in [1.82, 2.24) is 15.5 Å². The molecule has 5 nitrogen and oxygen atoms in total. The smallest absolute Gasteiger partial charge is 0.255 e. The van der Waals surface area contributed by atoms with Gasteiger partial charge in [0.25, 0.3) is 5.91 Å². The van der Waals surface area contributed by atoms with E-state index in [0.29, 0.717) is 18.7 Å². The van der Waals surface area contributed by atoms with Gasteiger partial charge in [0.2, 0.25) is 0 Å². The highest BCUT2D eigenvalue weighted by Gasteiger charge is 2.21. The summed E-state index contributed by atoms with van der Waals surface area (Å²) in [5.74, 6) is 0.688. The van der Waals surface area contributed by atoms with Gasteiger partial charge in [-0.05, 0) is 32.6 Å². The Morgan fingerprint density at radius 2 is 2.29 bits per heavy atom. The van der Waals surface area contributed by atoms with Gasteiger partial charge in [-0.3, -0.25) is 9.89 Å². The van der Waals surface area contributed by atoms with E-state index in [1.54, 1.807) is 0 Å². The predicted octanol–water partition coefficient (Wildman–Crippen LogP) is 1.18. The van der Waals surface area contributed by atoms with Crippen LogP contribution in [-0.2, 0) is 4.74 Å². The van der Waals surface area contributed by atoms with E-state index < -0.39 is 0 Å².